The second kappa shape index (κ2) is 15.4. The highest BCUT2D eigenvalue weighted by molar-refractivity contribution is 6.32. The average molecular weight is 617 g/mol. The van der Waals surface area contributed by atoms with Gasteiger partial charge in [0.05, 0.1) is 16.2 Å². The lowest BCUT2D eigenvalue weighted by atomic mass is 9.75. The van der Waals surface area contributed by atoms with Gasteiger partial charge in [-0.25, -0.2) is 9.38 Å². The zero-order valence-corrected chi connectivity index (χ0v) is 27.1. The van der Waals surface area contributed by atoms with Crippen molar-refractivity contribution in [3.8, 4) is 5.75 Å². The first kappa shape index (κ1) is 34.1. The molecule has 3 N–H and O–H groups in total. The van der Waals surface area contributed by atoms with Crippen molar-refractivity contribution in [2.75, 3.05) is 45.7 Å². The van der Waals surface area contributed by atoms with Crippen molar-refractivity contribution >= 4 is 39.9 Å². The van der Waals surface area contributed by atoms with Gasteiger partial charge in [0.1, 0.15) is 11.5 Å². The minimum atomic E-state index is -1.23. The van der Waals surface area contributed by atoms with E-state index in [1.807, 2.05) is 45.2 Å². The van der Waals surface area contributed by atoms with Gasteiger partial charge in [0.25, 0.3) is 11.5 Å². The number of carbonyl (C=O) groups is 1. The van der Waals surface area contributed by atoms with Gasteiger partial charge in [-0.3, -0.25) is 9.59 Å². The summed E-state index contributed by atoms with van der Waals surface area (Å²) < 4.78 is 22.5. The Labute approximate surface area is 259 Å². The van der Waals surface area contributed by atoms with Crippen molar-refractivity contribution in [1.82, 2.24) is 20.1 Å². The third-order valence-electron chi connectivity index (χ3n) is 8.26. The van der Waals surface area contributed by atoms with Crippen LogP contribution in [0.5, 0.6) is 5.75 Å². The number of benzene rings is 1. The Kier molecular flexibility index (Phi) is 12.2. The lowest BCUT2D eigenvalue weighted by Crippen LogP contribution is -2.55. The van der Waals surface area contributed by atoms with Crippen LogP contribution in [0.2, 0.25) is 0 Å². The molecule has 1 aromatic heterocycles. The number of hydrogen-bond acceptors (Lipinski definition) is 6. The Morgan fingerprint density at radius 2 is 2.02 bits per heavy atom. The number of aromatic nitrogens is 1. The first-order valence-electron chi connectivity index (χ1n) is 14.9. The number of likely N-dealkylation sites (tertiary alicyclic amines) is 1. The molecule has 9 nitrogen and oxygen atoms in total. The summed E-state index contributed by atoms with van der Waals surface area (Å²) in [7, 11) is 5.06. The molecule has 0 aliphatic carbocycles. The minimum absolute atomic E-state index is 0.0912. The van der Waals surface area contributed by atoms with E-state index in [1.165, 1.54) is 11.6 Å². The van der Waals surface area contributed by atoms with Gasteiger partial charge in [-0.15, -0.1) is 0 Å². The molecule has 1 saturated heterocycles. The number of rotatable bonds is 12. The van der Waals surface area contributed by atoms with Gasteiger partial charge in [-0.1, -0.05) is 37.9 Å². The number of halogens is 2. The number of nitrogens with one attached hydrogen (secondary N) is 3. The summed E-state index contributed by atoms with van der Waals surface area (Å²) in [6, 6.07) is 7.26. The SMILES string of the molecule is CCC/C=C(Nc1ccc2c(c1)cc(OCC(=O)NC)c(=O)n2C)/C(Cl)=C\N=C(C)N1CC(C)C(C)(F)C(CCNC)C1. The van der Waals surface area contributed by atoms with Crippen molar-refractivity contribution < 1.29 is 13.9 Å². The summed E-state index contributed by atoms with van der Waals surface area (Å²) in [6.45, 7) is 9.41. The molecule has 1 aromatic carbocycles. The molecule has 2 aromatic rings. The van der Waals surface area contributed by atoms with Crippen LogP contribution in [0.25, 0.3) is 10.9 Å². The van der Waals surface area contributed by atoms with E-state index < -0.39 is 5.67 Å². The number of ether oxygens (including phenoxy) is 1. The molecule has 3 unspecified atom stereocenters. The second-order valence-electron chi connectivity index (χ2n) is 11.3. The van der Waals surface area contributed by atoms with Crippen LogP contribution >= 0.6 is 11.6 Å². The average Bonchev–Trinajstić information content (AvgIpc) is 2.99. The van der Waals surface area contributed by atoms with Gasteiger partial charge >= 0.3 is 0 Å². The Morgan fingerprint density at radius 3 is 2.70 bits per heavy atom. The van der Waals surface area contributed by atoms with Crippen LogP contribution in [0.4, 0.5) is 10.1 Å². The number of aryl methyl sites for hydroxylation is 1. The molecular formula is C32H46ClFN6O3. The molecule has 0 radical (unpaired) electrons. The Bertz CT molecular complexity index is 1430. The van der Waals surface area contributed by atoms with Crippen LogP contribution in [0, 0.1) is 11.8 Å². The Balaban J connectivity index is 1.85. The van der Waals surface area contributed by atoms with Gasteiger partial charge in [0.15, 0.2) is 12.4 Å². The van der Waals surface area contributed by atoms with E-state index in [-0.39, 0.29) is 35.7 Å². The van der Waals surface area contributed by atoms with Crippen molar-refractivity contribution in [1.29, 1.82) is 0 Å². The zero-order valence-electron chi connectivity index (χ0n) is 26.4. The fourth-order valence-corrected chi connectivity index (χ4v) is 5.36. The number of anilines is 1. The number of pyridine rings is 1. The third kappa shape index (κ3) is 8.60. The molecule has 1 fully saturated rings. The molecule has 1 aliphatic heterocycles. The summed E-state index contributed by atoms with van der Waals surface area (Å²) in [4.78, 5) is 31.2. The number of carbonyl (C=O) groups excluding carboxylic acids is 1. The van der Waals surface area contributed by atoms with E-state index in [9.17, 15) is 9.59 Å². The van der Waals surface area contributed by atoms with E-state index >= 15 is 4.39 Å². The van der Waals surface area contributed by atoms with Crippen LogP contribution in [0.15, 0.2) is 57.1 Å². The largest absolute Gasteiger partial charge is 0.478 e. The van der Waals surface area contributed by atoms with Crippen LogP contribution in [-0.2, 0) is 11.8 Å². The number of piperidine rings is 1. The van der Waals surface area contributed by atoms with E-state index in [0.29, 0.717) is 23.8 Å². The lowest BCUT2D eigenvalue weighted by molar-refractivity contribution is -0.122. The van der Waals surface area contributed by atoms with Crippen LogP contribution in [-0.4, -0.2) is 67.2 Å². The van der Waals surface area contributed by atoms with Crippen molar-refractivity contribution in [2.24, 2.45) is 23.9 Å². The first-order valence-corrected chi connectivity index (χ1v) is 15.2. The number of likely N-dealkylation sites (N-methyl/N-ethyl adjacent to an activating group) is 1. The van der Waals surface area contributed by atoms with E-state index in [1.54, 1.807) is 26.2 Å². The topological polar surface area (TPSA) is 100.0 Å². The van der Waals surface area contributed by atoms with Crippen LogP contribution in [0.1, 0.15) is 47.0 Å². The number of amidine groups is 1. The summed E-state index contributed by atoms with van der Waals surface area (Å²) >= 11 is 6.79. The number of hydrogen-bond donors (Lipinski definition) is 3. The number of nitrogens with zero attached hydrogens (tertiary/aromatic N) is 3. The van der Waals surface area contributed by atoms with Crippen LogP contribution in [0.3, 0.4) is 0 Å². The zero-order chi connectivity index (χ0) is 31.7. The fourth-order valence-electron chi connectivity index (χ4n) is 5.19. The highest BCUT2D eigenvalue weighted by Gasteiger charge is 2.44. The molecular weight excluding hydrogens is 571 g/mol. The molecule has 0 spiro atoms. The smallest absolute Gasteiger partial charge is 0.293 e. The number of allylic oxidation sites excluding steroid dienone is 2. The van der Waals surface area contributed by atoms with Crippen molar-refractivity contribution in [2.45, 2.75) is 52.6 Å². The fraction of sp³-hybridized carbons (Fsp3) is 0.531. The summed E-state index contributed by atoms with van der Waals surface area (Å²) in [6.07, 6.45) is 6.16. The molecule has 11 heteroatoms. The van der Waals surface area contributed by atoms with E-state index in [0.717, 1.165) is 48.2 Å². The van der Waals surface area contributed by atoms with Gasteiger partial charge < -0.3 is 30.2 Å². The maximum absolute atomic E-state index is 15.5. The van der Waals surface area contributed by atoms with E-state index in [4.69, 9.17) is 16.3 Å². The maximum Gasteiger partial charge on any atom is 0.293 e. The Morgan fingerprint density at radius 1 is 1.28 bits per heavy atom. The molecule has 1 amide bonds. The predicted octanol–water partition coefficient (Wildman–Crippen LogP) is 5.16. The van der Waals surface area contributed by atoms with Gasteiger partial charge in [-0.2, -0.15) is 0 Å². The lowest BCUT2D eigenvalue weighted by Gasteiger charge is -2.46. The third-order valence-corrected chi connectivity index (χ3v) is 8.57. The molecule has 1 aliphatic rings. The molecule has 43 heavy (non-hydrogen) atoms. The first-order chi connectivity index (χ1) is 20.4. The highest BCUT2D eigenvalue weighted by Crippen LogP contribution is 2.38. The molecule has 236 valence electrons. The number of unbranched alkanes of at least 4 members (excludes halogenated alkanes) is 1. The molecule has 3 rings (SSSR count). The predicted molar refractivity (Wildman–Crippen MR) is 175 cm³/mol. The maximum atomic E-state index is 15.5. The minimum Gasteiger partial charge on any atom is -0.478 e. The summed E-state index contributed by atoms with van der Waals surface area (Å²) in [5.74, 6) is 0.328. The molecule has 3 atom stereocenters. The number of aliphatic imine (C=N–C) groups is 1. The number of alkyl halides is 1. The molecule has 0 saturated carbocycles. The standard InChI is InChI=1S/C32H46ClFN6O3/c1-8-9-10-27(26(33)17-37-22(3)40-18-21(2)32(4,34)24(19-40)13-14-35-5)38-25-11-12-28-23(15-25)16-29(31(42)39(28)7)43-20-30(41)36-6/h10-12,15-17,21,24,35,38H,8-9,13-14,18-20H2,1-7H3,(H,36,41)/b26-17+,27-10-,37-22?. The normalized spacial score (nSPS) is 21.7. The molecule has 0 bridgehead atoms. The highest BCUT2D eigenvalue weighted by atomic mass is 35.5. The van der Waals surface area contributed by atoms with Crippen LogP contribution < -0.4 is 26.2 Å². The van der Waals surface area contributed by atoms with Gasteiger partial charge in [-0.05, 0) is 64.5 Å². The summed E-state index contributed by atoms with van der Waals surface area (Å²) in [5.41, 5.74) is 0.627. The Hall–Kier alpha value is -3.37. The van der Waals surface area contributed by atoms with Crippen molar-refractivity contribution in [3.63, 3.8) is 0 Å². The quantitative estimate of drug-likeness (QED) is 0.173. The second-order valence-corrected chi connectivity index (χ2v) is 11.7. The number of amides is 1. The van der Waals surface area contributed by atoms with Crippen molar-refractivity contribution in [3.05, 3.63) is 57.6 Å². The number of fused-ring (bicyclic) bond motifs is 1. The summed E-state index contributed by atoms with van der Waals surface area (Å²) in [5, 5.41) is 10.2. The molecule has 2 heterocycles. The van der Waals surface area contributed by atoms with E-state index in [2.05, 4.69) is 32.8 Å². The van der Waals surface area contributed by atoms with Gasteiger partial charge in [0, 0.05) is 56.3 Å². The van der Waals surface area contributed by atoms with Gasteiger partial charge in [0.2, 0.25) is 0 Å². The monoisotopic (exact) mass is 616 g/mol.